The van der Waals surface area contributed by atoms with Gasteiger partial charge < -0.3 is 9.30 Å². The fourth-order valence-electron chi connectivity index (χ4n) is 0.905. The van der Waals surface area contributed by atoms with Gasteiger partial charge in [-0.2, -0.15) is 5.26 Å². The van der Waals surface area contributed by atoms with Crippen LogP contribution < -0.4 is 0 Å². The molecule has 0 spiro atoms. The summed E-state index contributed by atoms with van der Waals surface area (Å²) in [7, 11) is 1.32. The standard InChI is InChI=1S/C8H7BrN2O2/c1-13-8(12)6-4-7(9)11(5-6)3-2-10/h4-5H,3H2,1H3. The average Bonchev–Trinajstić information content (AvgIpc) is 2.47. The maximum Gasteiger partial charge on any atom is 0.339 e. The number of methoxy groups -OCH3 is 1. The summed E-state index contributed by atoms with van der Waals surface area (Å²) in [5, 5.41) is 8.44. The van der Waals surface area contributed by atoms with Gasteiger partial charge >= 0.3 is 5.97 Å². The summed E-state index contributed by atoms with van der Waals surface area (Å²) in [5.41, 5.74) is 0.435. The molecule has 68 valence electrons. The van der Waals surface area contributed by atoms with Crippen molar-refractivity contribution in [3.8, 4) is 6.07 Å². The largest absolute Gasteiger partial charge is 0.465 e. The van der Waals surface area contributed by atoms with Crippen LogP contribution in [0.4, 0.5) is 0 Å². The molecule has 0 saturated heterocycles. The van der Waals surface area contributed by atoms with Gasteiger partial charge in [-0.1, -0.05) is 0 Å². The first kappa shape index (κ1) is 9.81. The third-order valence-corrected chi connectivity index (χ3v) is 2.19. The molecule has 1 rings (SSSR count). The van der Waals surface area contributed by atoms with Crippen molar-refractivity contribution in [2.24, 2.45) is 0 Å². The van der Waals surface area contributed by atoms with Crippen LogP contribution in [-0.2, 0) is 11.3 Å². The van der Waals surface area contributed by atoms with Crippen LogP contribution in [0.1, 0.15) is 10.4 Å². The van der Waals surface area contributed by atoms with E-state index in [1.54, 1.807) is 16.8 Å². The highest BCUT2D eigenvalue weighted by Gasteiger charge is 2.10. The van der Waals surface area contributed by atoms with E-state index in [2.05, 4.69) is 20.7 Å². The van der Waals surface area contributed by atoms with E-state index in [9.17, 15) is 4.79 Å². The quantitative estimate of drug-likeness (QED) is 0.740. The Morgan fingerprint density at radius 1 is 1.85 bits per heavy atom. The summed E-state index contributed by atoms with van der Waals surface area (Å²) in [6, 6.07) is 3.59. The van der Waals surface area contributed by atoms with Crippen molar-refractivity contribution in [3.63, 3.8) is 0 Å². The third kappa shape index (κ3) is 2.10. The Bertz CT molecular complexity index is 365. The van der Waals surface area contributed by atoms with E-state index in [1.165, 1.54) is 7.11 Å². The minimum absolute atomic E-state index is 0.206. The Hall–Kier alpha value is -1.28. The maximum absolute atomic E-state index is 11.0. The number of hydrogen-bond donors (Lipinski definition) is 0. The molecule has 0 aliphatic heterocycles. The molecule has 0 saturated carbocycles. The molecule has 0 atom stereocenters. The number of esters is 1. The van der Waals surface area contributed by atoms with E-state index < -0.39 is 5.97 Å². The van der Waals surface area contributed by atoms with E-state index in [0.29, 0.717) is 10.2 Å². The van der Waals surface area contributed by atoms with Crippen LogP contribution in [0.5, 0.6) is 0 Å². The molecule has 13 heavy (non-hydrogen) atoms. The molecule has 1 aromatic rings. The van der Waals surface area contributed by atoms with Crippen LogP contribution >= 0.6 is 15.9 Å². The molecular weight excluding hydrogens is 236 g/mol. The summed E-state index contributed by atoms with van der Waals surface area (Å²) in [4.78, 5) is 11.0. The van der Waals surface area contributed by atoms with Gasteiger partial charge in [0.25, 0.3) is 0 Å². The van der Waals surface area contributed by atoms with Crippen molar-refractivity contribution < 1.29 is 9.53 Å². The van der Waals surface area contributed by atoms with Gasteiger partial charge in [0.05, 0.1) is 23.3 Å². The molecule has 1 heterocycles. The summed E-state index contributed by atoms with van der Waals surface area (Å²) in [5.74, 6) is -0.405. The summed E-state index contributed by atoms with van der Waals surface area (Å²) in [6.45, 7) is 0.206. The zero-order chi connectivity index (χ0) is 9.84. The fourth-order valence-corrected chi connectivity index (χ4v) is 1.38. The zero-order valence-electron chi connectivity index (χ0n) is 6.95. The molecule has 0 aromatic carbocycles. The number of rotatable bonds is 2. The second-order valence-electron chi connectivity index (χ2n) is 2.33. The Labute approximate surface area is 83.8 Å². The average molecular weight is 243 g/mol. The van der Waals surface area contributed by atoms with Crippen molar-refractivity contribution in [1.82, 2.24) is 4.57 Å². The number of carbonyl (C=O) groups excluding carboxylic acids is 1. The fraction of sp³-hybridized carbons (Fsp3) is 0.250. The van der Waals surface area contributed by atoms with Crippen LogP contribution in [0.2, 0.25) is 0 Å². The Kier molecular flexibility index (Phi) is 3.09. The molecule has 0 fully saturated rings. The molecule has 5 heteroatoms. The van der Waals surface area contributed by atoms with Gasteiger partial charge in [0, 0.05) is 6.20 Å². The first-order chi connectivity index (χ1) is 6.19. The number of aromatic nitrogens is 1. The number of halogens is 1. The van der Waals surface area contributed by atoms with Gasteiger partial charge in [0.1, 0.15) is 6.54 Å². The minimum Gasteiger partial charge on any atom is -0.465 e. The Balaban J connectivity index is 2.96. The predicted molar refractivity (Wildman–Crippen MR) is 49.1 cm³/mol. The number of ether oxygens (including phenoxy) is 1. The lowest BCUT2D eigenvalue weighted by molar-refractivity contribution is 0.0600. The monoisotopic (exact) mass is 242 g/mol. The van der Waals surface area contributed by atoms with Crippen LogP contribution in [0, 0.1) is 11.3 Å². The van der Waals surface area contributed by atoms with Crippen molar-refractivity contribution >= 4 is 21.9 Å². The molecule has 0 radical (unpaired) electrons. The highest BCUT2D eigenvalue weighted by atomic mass is 79.9. The zero-order valence-corrected chi connectivity index (χ0v) is 8.54. The molecule has 0 aliphatic carbocycles. The highest BCUT2D eigenvalue weighted by Crippen LogP contribution is 2.15. The summed E-state index contributed by atoms with van der Waals surface area (Å²) in [6.07, 6.45) is 1.57. The Morgan fingerprint density at radius 3 is 3.08 bits per heavy atom. The normalized spacial score (nSPS) is 9.31. The minimum atomic E-state index is -0.405. The van der Waals surface area contributed by atoms with Crippen molar-refractivity contribution in [2.45, 2.75) is 6.54 Å². The lowest BCUT2D eigenvalue weighted by Crippen LogP contribution is -1.99. The van der Waals surface area contributed by atoms with Gasteiger partial charge in [-0.25, -0.2) is 4.79 Å². The first-order valence-electron chi connectivity index (χ1n) is 3.50. The number of hydrogen-bond acceptors (Lipinski definition) is 3. The lowest BCUT2D eigenvalue weighted by atomic mass is 10.3. The molecule has 0 amide bonds. The van der Waals surface area contributed by atoms with Gasteiger partial charge in [-0.05, 0) is 22.0 Å². The molecule has 0 N–H and O–H groups in total. The smallest absolute Gasteiger partial charge is 0.339 e. The van der Waals surface area contributed by atoms with Crippen molar-refractivity contribution in [2.75, 3.05) is 7.11 Å². The third-order valence-electron chi connectivity index (χ3n) is 1.51. The van der Waals surface area contributed by atoms with Crippen LogP contribution in [-0.4, -0.2) is 17.6 Å². The van der Waals surface area contributed by atoms with Crippen LogP contribution in [0.25, 0.3) is 0 Å². The van der Waals surface area contributed by atoms with E-state index in [4.69, 9.17) is 5.26 Å². The van der Waals surface area contributed by atoms with Gasteiger partial charge in [0.15, 0.2) is 0 Å². The van der Waals surface area contributed by atoms with Crippen LogP contribution in [0.15, 0.2) is 16.9 Å². The van der Waals surface area contributed by atoms with Crippen molar-refractivity contribution in [1.29, 1.82) is 5.26 Å². The molecule has 0 aliphatic rings. The molecule has 4 nitrogen and oxygen atoms in total. The summed E-state index contributed by atoms with van der Waals surface area (Å²) < 4.78 is 6.83. The number of nitrogens with zero attached hydrogens (tertiary/aromatic N) is 2. The second kappa shape index (κ2) is 4.10. The first-order valence-corrected chi connectivity index (χ1v) is 4.29. The Morgan fingerprint density at radius 2 is 2.54 bits per heavy atom. The van der Waals surface area contributed by atoms with E-state index in [0.717, 1.165) is 0 Å². The SMILES string of the molecule is COC(=O)c1cc(Br)n(CC#N)c1. The molecule has 0 unspecified atom stereocenters. The van der Waals surface area contributed by atoms with Gasteiger partial charge in [0.2, 0.25) is 0 Å². The molecule has 0 bridgehead atoms. The maximum atomic E-state index is 11.0. The number of carbonyl (C=O) groups is 1. The van der Waals surface area contributed by atoms with E-state index in [1.807, 2.05) is 6.07 Å². The molecular formula is C8H7BrN2O2. The van der Waals surface area contributed by atoms with Gasteiger partial charge in [-0.15, -0.1) is 0 Å². The summed E-state index contributed by atoms with van der Waals surface area (Å²) >= 11 is 3.22. The van der Waals surface area contributed by atoms with E-state index in [-0.39, 0.29) is 6.54 Å². The highest BCUT2D eigenvalue weighted by molar-refractivity contribution is 9.10. The lowest BCUT2D eigenvalue weighted by Gasteiger charge is -1.94. The second-order valence-corrected chi connectivity index (χ2v) is 3.14. The van der Waals surface area contributed by atoms with Crippen molar-refractivity contribution in [3.05, 3.63) is 22.4 Å². The topological polar surface area (TPSA) is 55.0 Å². The number of nitriles is 1. The van der Waals surface area contributed by atoms with Gasteiger partial charge in [-0.3, -0.25) is 0 Å². The predicted octanol–water partition coefficient (Wildman–Crippen LogP) is 1.56. The van der Waals surface area contributed by atoms with E-state index >= 15 is 0 Å². The van der Waals surface area contributed by atoms with Crippen LogP contribution in [0.3, 0.4) is 0 Å². The molecule has 1 aromatic heterocycles.